The Labute approximate surface area is 311 Å². The van der Waals surface area contributed by atoms with Crippen LogP contribution in [0.15, 0.2) is 126 Å². The molecule has 1 atom stereocenters. The van der Waals surface area contributed by atoms with E-state index in [1.807, 2.05) is 42.5 Å². The predicted molar refractivity (Wildman–Crippen MR) is 204 cm³/mol. The second kappa shape index (κ2) is 17.2. The van der Waals surface area contributed by atoms with E-state index in [1.54, 1.807) is 72.8 Å². The van der Waals surface area contributed by atoms with Crippen molar-refractivity contribution in [3.05, 3.63) is 138 Å². The van der Waals surface area contributed by atoms with Crippen LogP contribution >= 0.6 is 11.8 Å². The number of thioether (sulfide) groups is 1. The molecule has 270 valence electrons. The Balaban J connectivity index is 1.21. The number of anilines is 2. The number of ether oxygens (including phenoxy) is 5. The summed E-state index contributed by atoms with van der Waals surface area (Å²) in [5.74, 6) is 1.13. The van der Waals surface area contributed by atoms with Crippen LogP contribution in [0.1, 0.15) is 26.7 Å². The minimum atomic E-state index is -0.592. The molecule has 0 radical (unpaired) electrons. The number of carbonyl (C=O) groups is 3. The van der Waals surface area contributed by atoms with E-state index in [0.29, 0.717) is 64.5 Å². The lowest BCUT2D eigenvalue weighted by molar-refractivity contribution is -0.116. The van der Waals surface area contributed by atoms with Crippen LogP contribution in [0, 0.1) is 0 Å². The van der Waals surface area contributed by atoms with Crippen LogP contribution in [0.25, 0.3) is 6.08 Å². The van der Waals surface area contributed by atoms with Crippen molar-refractivity contribution in [1.82, 2.24) is 5.32 Å². The maximum Gasteiger partial charge on any atom is 0.272 e. The summed E-state index contributed by atoms with van der Waals surface area (Å²) in [5, 5.41) is 8.04. The van der Waals surface area contributed by atoms with Crippen molar-refractivity contribution in [1.29, 1.82) is 0 Å². The maximum absolute atomic E-state index is 13.8. The van der Waals surface area contributed by atoms with Gasteiger partial charge in [-0.1, -0.05) is 48.5 Å². The molecule has 1 unspecified atom stereocenters. The van der Waals surface area contributed by atoms with Crippen LogP contribution in [0.2, 0.25) is 0 Å². The molecule has 0 spiro atoms. The molecule has 1 heterocycles. The van der Waals surface area contributed by atoms with Crippen molar-refractivity contribution in [2.75, 3.05) is 45.2 Å². The van der Waals surface area contributed by atoms with Gasteiger partial charge in [-0.05, 0) is 77.9 Å². The first kappa shape index (κ1) is 36.4. The van der Waals surface area contributed by atoms with Gasteiger partial charge in [-0.25, -0.2) is 0 Å². The standard InChI is InChI=1S/C41H37N3O8S/c1-48-35-23-26(24-36(49-2)37(35)50-3)22-32(44-39(45)28-12-8-5-9-13-28)40(46)42-29-14-17-31(18-15-29)53-38(27-10-6-4-7-11-27)41(47)43-30-16-19-33-34(25-30)52-21-20-51-33/h4-19,22-25,38H,20-21H2,1-3H3,(H,42,46)(H,43,47)(H,44,45)/b32-22-. The van der Waals surface area contributed by atoms with Gasteiger partial charge in [0.15, 0.2) is 23.0 Å². The van der Waals surface area contributed by atoms with Gasteiger partial charge in [0.05, 0.1) is 21.3 Å². The number of fused-ring (bicyclic) bond motifs is 1. The molecule has 6 rings (SSSR count). The summed E-state index contributed by atoms with van der Waals surface area (Å²) in [6, 6.07) is 33.8. The molecule has 0 aliphatic carbocycles. The van der Waals surface area contributed by atoms with Gasteiger partial charge >= 0.3 is 0 Å². The summed E-state index contributed by atoms with van der Waals surface area (Å²) in [5.41, 5.74) is 2.76. The van der Waals surface area contributed by atoms with Crippen molar-refractivity contribution in [2.24, 2.45) is 0 Å². The lowest BCUT2D eigenvalue weighted by Gasteiger charge is -2.20. The highest BCUT2D eigenvalue weighted by Crippen LogP contribution is 2.40. The molecular formula is C41H37N3O8S. The fourth-order valence-corrected chi connectivity index (χ4v) is 6.50. The Morgan fingerprint density at radius 2 is 1.32 bits per heavy atom. The van der Waals surface area contributed by atoms with Gasteiger partial charge in [-0.15, -0.1) is 11.8 Å². The highest BCUT2D eigenvalue weighted by molar-refractivity contribution is 8.00. The third-order valence-corrected chi connectivity index (χ3v) is 9.31. The lowest BCUT2D eigenvalue weighted by atomic mass is 10.1. The van der Waals surface area contributed by atoms with E-state index in [-0.39, 0.29) is 11.6 Å². The monoisotopic (exact) mass is 731 g/mol. The Kier molecular flexibility index (Phi) is 11.8. The van der Waals surface area contributed by atoms with E-state index in [0.717, 1.165) is 10.5 Å². The van der Waals surface area contributed by atoms with E-state index >= 15 is 0 Å². The van der Waals surface area contributed by atoms with Gasteiger partial charge in [-0.3, -0.25) is 14.4 Å². The minimum absolute atomic E-state index is 0.0217. The molecule has 3 N–H and O–H groups in total. The van der Waals surface area contributed by atoms with E-state index < -0.39 is 17.1 Å². The quantitative estimate of drug-likeness (QED) is 0.0839. The smallest absolute Gasteiger partial charge is 0.272 e. The average Bonchev–Trinajstić information content (AvgIpc) is 3.20. The molecule has 0 saturated carbocycles. The lowest BCUT2D eigenvalue weighted by Crippen LogP contribution is -2.30. The summed E-state index contributed by atoms with van der Waals surface area (Å²) in [6.45, 7) is 0.919. The number of methoxy groups -OCH3 is 3. The molecule has 0 bridgehead atoms. The topological polar surface area (TPSA) is 133 Å². The number of hydrogen-bond acceptors (Lipinski definition) is 9. The first-order valence-corrected chi connectivity index (χ1v) is 17.4. The maximum atomic E-state index is 13.8. The van der Waals surface area contributed by atoms with Gasteiger partial charge in [0.25, 0.3) is 11.8 Å². The van der Waals surface area contributed by atoms with Crippen LogP contribution < -0.4 is 39.6 Å². The zero-order chi connectivity index (χ0) is 37.2. The predicted octanol–water partition coefficient (Wildman–Crippen LogP) is 7.37. The van der Waals surface area contributed by atoms with Crippen molar-refractivity contribution in [3.8, 4) is 28.7 Å². The second-order valence-electron chi connectivity index (χ2n) is 11.6. The van der Waals surface area contributed by atoms with E-state index in [9.17, 15) is 14.4 Å². The molecular weight excluding hydrogens is 695 g/mol. The van der Waals surface area contributed by atoms with Crippen LogP contribution in [-0.4, -0.2) is 52.3 Å². The van der Waals surface area contributed by atoms with Gasteiger partial charge in [0, 0.05) is 27.9 Å². The summed E-state index contributed by atoms with van der Waals surface area (Å²) in [4.78, 5) is 41.5. The Bertz CT molecular complexity index is 2080. The zero-order valence-corrected chi connectivity index (χ0v) is 30.0. The number of amides is 3. The number of nitrogens with one attached hydrogen (secondary N) is 3. The Morgan fingerprint density at radius 3 is 1.96 bits per heavy atom. The largest absolute Gasteiger partial charge is 0.493 e. The minimum Gasteiger partial charge on any atom is -0.493 e. The van der Waals surface area contributed by atoms with Crippen LogP contribution in [-0.2, 0) is 9.59 Å². The fourth-order valence-electron chi connectivity index (χ4n) is 5.47. The summed E-state index contributed by atoms with van der Waals surface area (Å²) >= 11 is 1.37. The summed E-state index contributed by atoms with van der Waals surface area (Å²) in [7, 11) is 4.48. The average molecular weight is 732 g/mol. The van der Waals surface area contributed by atoms with Gasteiger partial charge < -0.3 is 39.6 Å². The summed E-state index contributed by atoms with van der Waals surface area (Å²) in [6.07, 6.45) is 1.52. The molecule has 5 aromatic rings. The normalized spacial score (nSPS) is 12.5. The van der Waals surface area contributed by atoms with E-state index in [1.165, 1.54) is 39.2 Å². The first-order chi connectivity index (χ1) is 25.8. The fraction of sp³-hybridized carbons (Fsp3) is 0.146. The third kappa shape index (κ3) is 9.10. The number of carbonyl (C=O) groups excluding carboxylic acids is 3. The first-order valence-electron chi connectivity index (χ1n) is 16.6. The van der Waals surface area contributed by atoms with Crippen LogP contribution in [0.3, 0.4) is 0 Å². The number of rotatable bonds is 13. The van der Waals surface area contributed by atoms with Gasteiger partial charge in [-0.2, -0.15) is 0 Å². The third-order valence-electron chi connectivity index (χ3n) is 8.04. The molecule has 53 heavy (non-hydrogen) atoms. The van der Waals surface area contributed by atoms with Crippen LogP contribution in [0.5, 0.6) is 28.7 Å². The van der Waals surface area contributed by atoms with Crippen molar-refractivity contribution >= 4 is 46.9 Å². The van der Waals surface area contributed by atoms with Crippen LogP contribution in [0.4, 0.5) is 11.4 Å². The molecule has 1 aliphatic rings. The van der Waals surface area contributed by atoms with Crippen molar-refractivity contribution < 1.29 is 38.1 Å². The molecule has 12 heteroatoms. The van der Waals surface area contributed by atoms with Gasteiger partial charge in [0.2, 0.25) is 11.7 Å². The van der Waals surface area contributed by atoms with E-state index in [2.05, 4.69) is 16.0 Å². The molecule has 0 fully saturated rings. The SMILES string of the molecule is COc1cc(/C=C(\NC(=O)c2ccccc2)C(=O)Nc2ccc(SC(C(=O)Nc3ccc4c(c3)OCCO4)c3ccccc3)cc2)cc(OC)c1OC. The van der Waals surface area contributed by atoms with Gasteiger partial charge in [0.1, 0.15) is 24.2 Å². The second-order valence-corrected chi connectivity index (χ2v) is 12.8. The van der Waals surface area contributed by atoms with Crippen molar-refractivity contribution in [2.45, 2.75) is 10.1 Å². The molecule has 0 aromatic heterocycles. The number of hydrogen-bond donors (Lipinski definition) is 3. The number of benzene rings is 5. The molecule has 0 saturated heterocycles. The highest BCUT2D eigenvalue weighted by atomic mass is 32.2. The molecule has 3 amide bonds. The molecule has 1 aliphatic heterocycles. The van der Waals surface area contributed by atoms with Crippen molar-refractivity contribution in [3.63, 3.8) is 0 Å². The zero-order valence-electron chi connectivity index (χ0n) is 29.2. The Hall–Kier alpha value is -6.40. The molecule has 11 nitrogen and oxygen atoms in total. The highest BCUT2D eigenvalue weighted by Gasteiger charge is 2.24. The molecule has 5 aromatic carbocycles. The Morgan fingerprint density at radius 1 is 0.698 bits per heavy atom. The summed E-state index contributed by atoms with van der Waals surface area (Å²) < 4.78 is 27.7. The van der Waals surface area contributed by atoms with E-state index in [4.69, 9.17) is 23.7 Å².